The standard InChI is InChI=1S/C11H11N3O/c15-13-11(8-14-7-6-12-9-14)10-4-2-1-3-5-10/h1-7,9,11H,8H2. The van der Waals surface area contributed by atoms with E-state index in [1.807, 2.05) is 41.1 Å². The summed E-state index contributed by atoms with van der Waals surface area (Å²) in [5, 5.41) is 3.13. The molecule has 4 heteroatoms. The highest BCUT2D eigenvalue weighted by Crippen LogP contribution is 2.18. The van der Waals surface area contributed by atoms with Gasteiger partial charge >= 0.3 is 0 Å². The van der Waals surface area contributed by atoms with Gasteiger partial charge in [0.15, 0.2) is 0 Å². The van der Waals surface area contributed by atoms with Crippen LogP contribution in [0.2, 0.25) is 0 Å². The van der Waals surface area contributed by atoms with Gasteiger partial charge in [-0.3, -0.25) is 0 Å². The van der Waals surface area contributed by atoms with Gasteiger partial charge in [0.1, 0.15) is 6.04 Å². The Morgan fingerprint density at radius 1 is 1.33 bits per heavy atom. The van der Waals surface area contributed by atoms with Crippen molar-refractivity contribution in [3.8, 4) is 0 Å². The summed E-state index contributed by atoms with van der Waals surface area (Å²) < 4.78 is 1.85. The molecule has 2 rings (SSSR count). The summed E-state index contributed by atoms with van der Waals surface area (Å²) in [6, 6.07) is 9.19. The van der Waals surface area contributed by atoms with E-state index in [9.17, 15) is 4.91 Å². The maximum absolute atomic E-state index is 10.7. The molecule has 0 spiro atoms. The molecule has 1 unspecified atom stereocenters. The Morgan fingerprint density at radius 3 is 2.73 bits per heavy atom. The molecule has 0 aliphatic rings. The highest BCUT2D eigenvalue weighted by Gasteiger charge is 2.11. The summed E-state index contributed by atoms with van der Waals surface area (Å²) >= 11 is 0. The summed E-state index contributed by atoms with van der Waals surface area (Å²) in [4.78, 5) is 14.7. The van der Waals surface area contributed by atoms with Crippen molar-refractivity contribution in [2.24, 2.45) is 5.18 Å². The van der Waals surface area contributed by atoms with E-state index in [1.54, 1.807) is 12.5 Å². The highest BCUT2D eigenvalue weighted by atomic mass is 16.3. The Balaban J connectivity index is 2.15. The second kappa shape index (κ2) is 4.50. The Bertz CT molecular complexity index is 411. The lowest BCUT2D eigenvalue weighted by Gasteiger charge is -2.09. The molecule has 0 N–H and O–H groups in total. The molecule has 4 nitrogen and oxygen atoms in total. The lowest BCUT2D eigenvalue weighted by Crippen LogP contribution is -2.05. The summed E-state index contributed by atoms with van der Waals surface area (Å²) in [5.74, 6) is 0. The van der Waals surface area contributed by atoms with E-state index in [2.05, 4.69) is 10.2 Å². The van der Waals surface area contributed by atoms with Crippen LogP contribution in [0.5, 0.6) is 0 Å². The summed E-state index contributed by atoms with van der Waals surface area (Å²) in [6.07, 6.45) is 5.19. The molecular formula is C11H11N3O. The molecule has 0 amide bonds. The average molecular weight is 201 g/mol. The van der Waals surface area contributed by atoms with Gasteiger partial charge in [0.25, 0.3) is 0 Å². The molecule has 1 atom stereocenters. The zero-order valence-corrected chi connectivity index (χ0v) is 8.15. The predicted octanol–water partition coefficient (Wildman–Crippen LogP) is 2.39. The molecule has 1 heterocycles. The minimum absolute atomic E-state index is 0.347. The number of rotatable bonds is 4. The van der Waals surface area contributed by atoms with Gasteiger partial charge in [-0.25, -0.2) is 4.98 Å². The number of hydrogen-bond acceptors (Lipinski definition) is 3. The molecular weight excluding hydrogens is 190 g/mol. The minimum Gasteiger partial charge on any atom is -0.335 e. The van der Waals surface area contributed by atoms with E-state index < -0.39 is 0 Å². The maximum atomic E-state index is 10.7. The molecule has 1 aromatic carbocycles. The number of hydrogen-bond donors (Lipinski definition) is 0. The molecule has 2 aromatic rings. The van der Waals surface area contributed by atoms with Crippen molar-refractivity contribution in [2.45, 2.75) is 12.6 Å². The first-order valence-corrected chi connectivity index (χ1v) is 4.73. The highest BCUT2D eigenvalue weighted by molar-refractivity contribution is 5.18. The first kappa shape index (κ1) is 9.58. The van der Waals surface area contributed by atoms with Crippen LogP contribution in [-0.4, -0.2) is 9.55 Å². The lowest BCUT2D eigenvalue weighted by molar-refractivity contribution is 0.575. The number of aromatic nitrogens is 2. The van der Waals surface area contributed by atoms with Gasteiger partial charge in [-0.1, -0.05) is 35.5 Å². The van der Waals surface area contributed by atoms with E-state index >= 15 is 0 Å². The molecule has 0 aliphatic carbocycles. The van der Waals surface area contributed by atoms with Crippen molar-refractivity contribution in [3.63, 3.8) is 0 Å². The van der Waals surface area contributed by atoms with Crippen LogP contribution in [0.15, 0.2) is 54.2 Å². The molecule has 0 radical (unpaired) electrons. The van der Waals surface area contributed by atoms with Crippen molar-refractivity contribution in [3.05, 3.63) is 59.5 Å². The number of nitroso groups, excluding NO2 is 1. The molecule has 76 valence electrons. The zero-order chi connectivity index (χ0) is 10.5. The summed E-state index contributed by atoms with van der Waals surface area (Å²) in [7, 11) is 0. The van der Waals surface area contributed by atoms with Crippen molar-refractivity contribution in [2.75, 3.05) is 0 Å². The fourth-order valence-electron chi connectivity index (χ4n) is 1.47. The molecule has 0 aliphatic heterocycles. The van der Waals surface area contributed by atoms with Crippen LogP contribution in [0.1, 0.15) is 11.6 Å². The molecule has 0 bridgehead atoms. The third kappa shape index (κ3) is 2.28. The molecule has 0 saturated carbocycles. The molecule has 0 saturated heterocycles. The third-order valence-corrected chi connectivity index (χ3v) is 2.25. The first-order valence-electron chi connectivity index (χ1n) is 4.73. The summed E-state index contributed by atoms with van der Waals surface area (Å²) in [5.41, 5.74) is 0.932. The van der Waals surface area contributed by atoms with Crippen molar-refractivity contribution >= 4 is 0 Å². The second-order valence-electron chi connectivity index (χ2n) is 3.29. The fraction of sp³-hybridized carbons (Fsp3) is 0.182. The van der Waals surface area contributed by atoms with E-state index in [4.69, 9.17) is 0 Å². The van der Waals surface area contributed by atoms with Gasteiger partial charge in [0.05, 0.1) is 12.9 Å². The Hall–Kier alpha value is -1.97. The molecule has 0 fully saturated rings. The number of nitrogens with zero attached hydrogens (tertiary/aromatic N) is 3. The van der Waals surface area contributed by atoms with E-state index in [-0.39, 0.29) is 6.04 Å². The van der Waals surface area contributed by atoms with Crippen molar-refractivity contribution in [1.82, 2.24) is 9.55 Å². The minimum atomic E-state index is -0.347. The van der Waals surface area contributed by atoms with Crippen LogP contribution in [-0.2, 0) is 6.54 Å². The van der Waals surface area contributed by atoms with Gasteiger partial charge < -0.3 is 4.57 Å². The smallest absolute Gasteiger partial charge is 0.135 e. The summed E-state index contributed by atoms with van der Waals surface area (Å²) in [6.45, 7) is 0.535. The number of benzene rings is 1. The van der Waals surface area contributed by atoms with Gasteiger partial charge in [-0.15, -0.1) is 0 Å². The van der Waals surface area contributed by atoms with E-state index in [1.165, 1.54) is 0 Å². The third-order valence-electron chi connectivity index (χ3n) is 2.25. The topological polar surface area (TPSA) is 47.2 Å². The lowest BCUT2D eigenvalue weighted by atomic mass is 10.1. The predicted molar refractivity (Wildman–Crippen MR) is 57.2 cm³/mol. The fourth-order valence-corrected chi connectivity index (χ4v) is 1.47. The normalized spacial score (nSPS) is 12.3. The maximum Gasteiger partial charge on any atom is 0.135 e. The monoisotopic (exact) mass is 201 g/mol. The quantitative estimate of drug-likeness (QED) is 0.713. The van der Waals surface area contributed by atoms with Crippen LogP contribution < -0.4 is 0 Å². The number of imidazole rings is 1. The first-order chi connectivity index (χ1) is 7.40. The molecule has 15 heavy (non-hydrogen) atoms. The second-order valence-corrected chi connectivity index (χ2v) is 3.29. The van der Waals surface area contributed by atoms with Crippen molar-refractivity contribution in [1.29, 1.82) is 0 Å². The molecule has 1 aromatic heterocycles. The zero-order valence-electron chi connectivity index (χ0n) is 8.15. The van der Waals surface area contributed by atoms with E-state index in [0.29, 0.717) is 6.54 Å². The van der Waals surface area contributed by atoms with Gasteiger partial charge in [0, 0.05) is 12.4 Å². The van der Waals surface area contributed by atoms with Crippen molar-refractivity contribution < 1.29 is 0 Å². The Morgan fingerprint density at radius 2 is 2.13 bits per heavy atom. The Kier molecular flexibility index (Phi) is 2.88. The van der Waals surface area contributed by atoms with Gasteiger partial charge in [-0.05, 0) is 5.56 Å². The SMILES string of the molecule is O=NC(Cn1ccnc1)c1ccccc1. The van der Waals surface area contributed by atoms with Crippen LogP contribution in [0.4, 0.5) is 0 Å². The van der Waals surface area contributed by atoms with Crippen LogP contribution >= 0.6 is 0 Å². The largest absolute Gasteiger partial charge is 0.335 e. The average Bonchev–Trinajstić information content (AvgIpc) is 2.80. The van der Waals surface area contributed by atoms with Crippen LogP contribution in [0.3, 0.4) is 0 Å². The Labute approximate surface area is 87.6 Å². The van der Waals surface area contributed by atoms with Gasteiger partial charge in [-0.2, -0.15) is 4.91 Å². The van der Waals surface area contributed by atoms with E-state index in [0.717, 1.165) is 5.56 Å². The van der Waals surface area contributed by atoms with Crippen LogP contribution in [0, 0.1) is 4.91 Å². The van der Waals surface area contributed by atoms with Crippen LogP contribution in [0.25, 0.3) is 0 Å². The van der Waals surface area contributed by atoms with Gasteiger partial charge in [0.2, 0.25) is 0 Å².